The minimum Gasteiger partial charge on any atom is -0.276 e. The van der Waals surface area contributed by atoms with Crippen molar-refractivity contribution in [2.45, 2.75) is 31.1 Å². The van der Waals surface area contributed by atoms with E-state index in [1.54, 1.807) is 97.7 Å². The van der Waals surface area contributed by atoms with E-state index in [1.165, 1.54) is 48.2 Å². The smallest absolute Gasteiger partial charge is 0.253 e. The Labute approximate surface area is 235 Å². The molecule has 168 valence electrons. The third-order valence-electron chi connectivity index (χ3n) is 4.03. The highest BCUT2D eigenvalue weighted by Crippen LogP contribution is 2.53. The van der Waals surface area contributed by atoms with Crippen molar-refractivity contribution in [3.8, 4) is 0 Å². The summed E-state index contributed by atoms with van der Waals surface area (Å²) in [6, 6.07) is 4.08. The van der Waals surface area contributed by atoms with E-state index in [9.17, 15) is 4.79 Å². The zero-order valence-electron chi connectivity index (χ0n) is 14.2. The molecule has 2 atom stereocenters. The summed E-state index contributed by atoms with van der Waals surface area (Å²) < 4.78 is 0.841. The fourth-order valence-electron chi connectivity index (χ4n) is 3.13. The van der Waals surface area contributed by atoms with E-state index in [-0.39, 0.29) is 5.24 Å². The Bertz CT molecular complexity index is 1330. The van der Waals surface area contributed by atoms with Gasteiger partial charge in [0.1, 0.15) is 0 Å². The molecule has 2 unspecified atom stereocenters. The zero-order valence-corrected chi connectivity index (χ0v) is 28.8. The van der Waals surface area contributed by atoms with Gasteiger partial charge in [0.25, 0.3) is 5.24 Å². The number of carbonyl (C=O) groups is 1. The van der Waals surface area contributed by atoms with Crippen LogP contribution in [0.15, 0.2) is 16.6 Å². The maximum atomic E-state index is 11.2. The maximum absolute atomic E-state index is 11.2. The highest BCUT2D eigenvalue weighted by molar-refractivity contribution is 9.10. The van der Waals surface area contributed by atoms with Crippen molar-refractivity contribution in [1.29, 1.82) is 0 Å². The number of hydrogen-bond acceptors (Lipinski definition) is 3. The topological polar surface area (TPSA) is 17.1 Å². The first-order valence-corrected chi connectivity index (χ1v) is 27.4. The summed E-state index contributed by atoms with van der Waals surface area (Å²) in [4.78, 5) is 11.2. The van der Waals surface area contributed by atoms with Crippen LogP contribution in [0.1, 0.15) is 52.6 Å². The third-order valence-corrected chi connectivity index (χ3v) is 31.6. The van der Waals surface area contributed by atoms with Crippen LogP contribution in [0.3, 0.4) is 0 Å². The van der Waals surface area contributed by atoms with Crippen molar-refractivity contribution in [2.24, 2.45) is 0 Å². The van der Waals surface area contributed by atoms with Gasteiger partial charge in [0.05, 0.1) is 0 Å². The normalized spacial score (nSPS) is 17.0. The first-order chi connectivity index (χ1) is 14.6. The second-order valence-corrected chi connectivity index (χ2v) is 29.5. The highest BCUT2D eigenvalue weighted by atomic mass is 79.9. The van der Waals surface area contributed by atoms with Gasteiger partial charge in [0.15, 0.2) is 0 Å². The summed E-state index contributed by atoms with van der Waals surface area (Å²) in [5.74, 6) is 1.40. The fourth-order valence-corrected chi connectivity index (χ4v) is 34.1. The zero-order chi connectivity index (χ0) is 21.8. The van der Waals surface area contributed by atoms with Crippen LogP contribution in [0.5, 0.6) is 0 Å². The average Bonchev–Trinajstić information content (AvgIpc) is 3.34. The van der Waals surface area contributed by atoms with Crippen LogP contribution in [0.2, 0.25) is 0 Å². The monoisotopic (exact) mass is 764 g/mol. The Kier molecular flexibility index (Phi) is 16.9. The number of benzene rings is 1. The second-order valence-electron chi connectivity index (χ2n) is 5.33. The minimum atomic E-state index is -0.368. The molecular formula is C12H10BrClOS15. The maximum Gasteiger partial charge on any atom is 0.253 e. The van der Waals surface area contributed by atoms with E-state index in [0.29, 0.717) is 11.5 Å². The van der Waals surface area contributed by atoms with E-state index >= 15 is 0 Å². The predicted octanol–water partition coefficient (Wildman–Crippen LogP) is 4.16. The van der Waals surface area contributed by atoms with Gasteiger partial charge in [0.2, 0.25) is 0 Å². The standard InChI is InChI=1S/C12H10BrClO.S15/c13-11-5-9-7-2-1-6(3-7)8(9)4-10(11)12(14)15;1-3-5-7-9-11-13-15-14-12-10-8-6-4-2/h4-7H,1-3H2;. The van der Waals surface area contributed by atoms with Crippen LogP contribution < -0.4 is 0 Å². The molecule has 0 amide bonds. The van der Waals surface area contributed by atoms with Crippen molar-refractivity contribution in [3.05, 3.63) is 33.3 Å². The van der Waals surface area contributed by atoms with E-state index in [2.05, 4.69) is 22.0 Å². The lowest BCUT2D eigenvalue weighted by molar-refractivity contribution is 0.108. The number of halogens is 2. The lowest BCUT2D eigenvalue weighted by Gasteiger charge is -2.16. The quantitative estimate of drug-likeness (QED) is 0.401. The third kappa shape index (κ3) is 10.3. The van der Waals surface area contributed by atoms with E-state index in [0.717, 1.165) is 10.4 Å². The number of fused-ring (bicyclic) bond motifs is 5. The van der Waals surface area contributed by atoms with Crippen molar-refractivity contribution < 1.29 is 4.79 Å². The molecule has 2 aliphatic carbocycles. The van der Waals surface area contributed by atoms with Gasteiger partial charge in [-0.25, -0.2) is 0 Å². The molecule has 0 heterocycles. The van der Waals surface area contributed by atoms with E-state index in [1.807, 2.05) is 6.07 Å². The largest absolute Gasteiger partial charge is 0.276 e. The van der Waals surface area contributed by atoms with Gasteiger partial charge in [-0.1, -0.05) is 0 Å². The minimum absolute atomic E-state index is 0.368. The summed E-state index contributed by atoms with van der Waals surface area (Å²) in [6.07, 6.45) is 3.84. The lowest BCUT2D eigenvalue weighted by Crippen LogP contribution is -2.01. The van der Waals surface area contributed by atoms with Gasteiger partial charge in [-0.05, 0) is 81.9 Å². The number of carbonyl (C=O) groups excluding carboxylic acids is 1. The molecule has 18 heteroatoms. The number of rotatable bonds is 1. The van der Waals surface area contributed by atoms with Gasteiger partial charge in [-0.15, -0.1) is 0 Å². The summed E-state index contributed by atoms with van der Waals surface area (Å²) in [5.41, 5.74) is 3.40. The van der Waals surface area contributed by atoms with Gasteiger partial charge in [-0.2, -0.15) is 0 Å². The van der Waals surface area contributed by atoms with Crippen molar-refractivity contribution in [1.82, 2.24) is 0 Å². The molecule has 1 nitrogen and oxygen atoms in total. The van der Waals surface area contributed by atoms with Gasteiger partial charge in [-0.3, -0.25) is 4.79 Å². The molecule has 2 aliphatic rings. The molecule has 1 aromatic carbocycles. The van der Waals surface area contributed by atoms with Crippen LogP contribution in [-0.2, 0) is 138 Å². The first-order valence-electron chi connectivity index (χ1n) is 7.53. The van der Waals surface area contributed by atoms with Crippen LogP contribution in [0.25, 0.3) is 0 Å². The second kappa shape index (κ2) is 17.4. The number of hydrogen-bond donors (Lipinski definition) is 0. The van der Waals surface area contributed by atoms with E-state index < -0.39 is 0 Å². The lowest BCUT2D eigenvalue weighted by atomic mass is 9.90. The van der Waals surface area contributed by atoms with Crippen molar-refractivity contribution >= 4 is 171 Å². The fraction of sp³-hybridized carbons (Fsp3) is 0.417. The summed E-state index contributed by atoms with van der Waals surface area (Å²) in [6.45, 7) is 0. The van der Waals surface area contributed by atoms with Crippen LogP contribution in [0.4, 0.5) is 0 Å². The van der Waals surface area contributed by atoms with Crippen molar-refractivity contribution in [2.75, 3.05) is 0 Å². The Morgan fingerprint density at radius 3 is 1.60 bits per heavy atom. The molecule has 3 rings (SSSR count). The molecule has 0 aliphatic heterocycles. The van der Waals surface area contributed by atoms with Gasteiger partial charge in [0, 0.05) is 148 Å². The first kappa shape index (κ1) is 29.2. The van der Waals surface area contributed by atoms with Gasteiger partial charge >= 0.3 is 0 Å². The molecule has 0 aromatic heterocycles. The molecule has 0 radical (unpaired) electrons. The van der Waals surface area contributed by atoms with Crippen LogP contribution in [-0.4, -0.2) is 5.24 Å². The van der Waals surface area contributed by atoms with Gasteiger partial charge < -0.3 is 0 Å². The molecule has 1 aromatic rings. The molecule has 0 N–H and O–H groups in total. The van der Waals surface area contributed by atoms with Crippen LogP contribution in [0, 0.1) is 0 Å². The summed E-state index contributed by atoms with van der Waals surface area (Å²) >= 11 is 18.4. The molecule has 1 fully saturated rings. The van der Waals surface area contributed by atoms with Crippen LogP contribution >= 0.6 is 27.5 Å². The predicted molar refractivity (Wildman–Crippen MR) is 174 cm³/mol. The van der Waals surface area contributed by atoms with Crippen molar-refractivity contribution in [3.63, 3.8) is 0 Å². The van der Waals surface area contributed by atoms with E-state index in [4.69, 9.17) is 34.0 Å². The SMILES string of the molecule is O=C(Cl)c1cc2c(cc1Br)C1CCC2C1.S=S=S=S=S=S=S=S=S=S=S=S=S=S=S. The highest BCUT2D eigenvalue weighted by Gasteiger charge is 2.37. The molecular weight excluding hydrogens is 756 g/mol. The Hall–Kier alpha value is 2.96. The summed E-state index contributed by atoms with van der Waals surface area (Å²) in [5, 5.41) is -0.368. The summed E-state index contributed by atoms with van der Waals surface area (Å²) in [7, 11) is 21.7. The molecule has 0 spiro atoms. The Morgan fingerprint density at radius 1 is 0.800 bits per heavy atom. The average molecular weight is 767 g/mol. The molecule has 1 saturated carbocycles. The molecule has 0 saturated heterocycles. The molecule has 2 bridgehead atoms. The molecule has 30 heavy (non-hydrogen) atoms. The Morgan fingerprint density at radius 2 is 1.20 bits per heavy atom. The Balaban J connectivity index is 0.000000214.